The lowest BCUT2D eigenvalue weighted by atomic mass is 9.89. The number of fused-ring (bicyclic) bond motifs is 1. The highest BCUT2D eigenvalue weighted by molar-refractivity contribution is 5.82. The van der Waals surface area contributed by atoms with E-state index in [0.717, 1.165) is 23.9 Å². The Hall–Kier alpha value is -1.49. The third kappa shape index (κ3) is 2.34. The molecule has 2 aromatic rings. The Balaban J connectivity index is 2.01. The van der Waals surface area contributed by atoms with Crippen molar-refractivity contribution in [3.8, 4) is 0 Å². The lowest BCUT2D eigenvalue weighted by molar-refractivity contribution is 0.117. The van der Waals surface area contributed by atoms with Crippen LogP contribution in [0.1, 0.15) is 24.9 Å². The zero-order valence-corrected chi connectivity index (χ0v) is 11.0. The van der Waals surface area contributed by atoms with E-state index < -0.39 is 0 Å². The van der Waals surface area contributed by atoms with Crippen molar-refractivity contribution < 1.29 is 4.74 Å². The van der Waals surface area contributed by atoms with E-state index in [2.05, 4.69) is 29.5 Å². The van der Waals surface area contributed by atoms with Gasteiger partial charge in [-0.2, -0.15) is 0 Å². The van der Waals surface area contributed by atoms with E-state index in [1.54, 1.807) is 0 Å². The fraction of sp³-hybridized carbons (Fsp3) is 0.400. The number of hydrogen-bond donors (Lipinski definition) is 2. The molecule has 0 bridgehead atoms. The fourth-order valence-electron chi connectivity index (χ4n) is 2.96. The zero-order valence-electron chi connectivity index (χ0n) is 11.0. The van der Waals surface area contributed by atoms with Gasteiger partial charge in [-0.1, -0.05) is 18.2 Å². The number of nitrogens with two attached hydrogens (primary N) is 1. The normalized spacial score (nSPS) is 24.7. The van der Waals surface area contributed by atoms with Gasteiger partial charge in [0.1, 0.15) is 0 Å². The van der Waals surface area contributed by atoms with Gasteiger partial charge in [0, 0.05) is 17.5 Å². The van der Waals surface area contributed by atoms with E-state index >= 15 is 0 Å². The first kappa shape index (κ1) is 12.5. The van der Waals surface area contributed by atoms with Gasteiger partial charge in [-0.05, 0) is 31.0 Å². The van der Waals surface area contributed by atoms with Gasteiger partial charge in [-0.25, -0.2) is 0 Å². The third-order valence-electron chi connectivity index (χ3n) is 3.89. The van der Waals surface area contributed by atoms with E-state index in [1.807, 2.05) is 24.4 Å². The molecule has 3 unspecified atom stereocenters. The van der Waals surface area contributed by atoms with Crippen LogP contribution in [0.25, 0.3) is 10.9 Å². The van der Waals surface area contributed by atoms with Crippen molar-refractivity contribution in [3.05, 3.63) is 42.1 Å². The molecular weight excluding hydrogens is 238 g/mol. The minimum Gasteiger partial charge on any atom is -0.378 e. The highest BCUT2D eigenvalue weighted by Crippen LogP contribution is 2.34. The van der Waals surface area contributed by atoms with E-state index in [-0.39, 0.29) is 6.04 Å². The van der Waals surface area contributed by atoms with Gasteiger partial charge in [-0.3, -0.25) is 16.3 Å². The molecule has 0 spiro atoms. The highest BCUT2D eigenvalue weighted by Gasteiger charge is 2.30. The molecule has 1 aliphatic rings. The Morgan fingerprint density at radius 3 is 3.00 bits per heavy atom. The average Bonchev–Trinajstić information content (AvgIpc) is 2.86. The summed E-state index contributed by atoms with van der Waals surface area (Å²) < 4.78 is 5.67. The molecule has 1 saturated heterocycles. The molecule has 100 valence electrons. The number of nitrogens with one attached hydrogen (secondary N) is 1. The SMILES string of the molecule is CC1CC(C(NN)c2cccc3ncccc23)CO1. The minimum absolute atomic E-state index is 0.109. The molecule has 1 fully saturated rings. The predicted molar refractivity (Wildman–Crippen MR) is 75.3 cm³/mol. The van der Waals surface area contributed by atoms with Crippen LogP contribution in [0, 0.1) is 5.92 Å². The summed E-state index contributed by atoms with van der Waals surface area (Å²) in [5.41, 5.74) is 5.18. The summed E-state index contributed by atoms with van der Waals surface area (Å²) in [7, 11) is 0. The monoisotopic (exact) mass is 257 g/mol. The van der Waals surface area contributed by atoms with Crippen molar-refractivity contribution in [1.29, 1.82) is 0 Å². The summed E-state index contributed by atoms with van der Waals surface area (Å²) in [5, 5.41) is 1.16. The molecule has 3 atom stereocenters. The molecule has 1 aliphatic heterocycles. The van der Waals surface area contributed by atoms with Crippen LogP contribution in [-0.2, 0) is 4.74 Å². The quantitative estimate of drug-likeness (QED) is 0.653. The fourth-order valence-corrected chi connectivity index (χ4v) is 2.96. The van der Waals surface area contributed by atoms with Crippen molar-refractivity contribution in [2.75, 3.05) is 6.61 Å². The predicted octanol–water partition coefficient (Wildman–Crippen LogP) is 2.16. The van der Waals surface area contributed by atoms with Gasteiger partial charge in [0.05, 0.1) is 24.3 Å². The Morgan fingerprint density at radius 2 is 2.26 bits per heavy atom. The number of nitrogens with zero attached hydrogens (tertiary/aromatic N) is 1. The van der Waals surface area contributed by atoms with Crippen LogP contribution >= 0.6 is 0 Å². The van der Waals surface area contributed by atoms with E-state index in [0.29, 0.717) is 12.0 Å². The summed E-state index contributed by atoms with van der Waals surface area (Å²) in [5.74, 6) is 6.20. The Bertz CT molecular complexity index is 567. The number of benzene rings is 1. The number of ether oxygens (including phenoxy) is 1. The number of pyridine rings is 1. The summed E-state index contributed by atoms with van der Waals surface area (Å²) in [6.07, 6.45) is 3.16. The smallest absolute Gasteiger partial charge is 0.0705 e. The molecule has 1 aromatic heterocycles. The molecule has 2 heterocycles. The Labute approximate surface area is 112 Å². The molecule has 0 amide bonds. The summed E-state index contributed by atoms with van der Waals surface area (Å²) in [6.45, 7) is 2.87. The topological polar surface area (TPSA) is 60.2 Å². The maximum absolute atomic E-state index is 5.80. The number of hydrazine groups is 1. The molecule has 3 rings (SSSR count). The van der Waals surface area contributed by atoms with Crippen molar-refractivity contribution in [2.45, 2.75) is 25.5 Å². The average molecular weight is 257 g/mol. The molecule has 19 heavy (non-hydrogen) atoms. The molecule has 3 N–H and O–H groups in total. The van der Waals surface area contributed by atoms with Crippen LogP contribution in [-0.4, -0.2) is 17.7 Å². The summed E-state index contributed by atoms with van der Waals surface area (Å²) in [6, 6.07) is 10.4. The van der Waals surface area contributed by atoms with Crippen LogP contribution < -0.4 is 11.3 Å². The summed E-state index contributed by atoms with van der Waals surface area (Å²) in [4.78, 5) is 4.40. The van der Waals surface area contributed by atoms with Gasteiger partial charge < -0.3 is 4.74 Å². The first-order valence-corrected chi connectivity index (χ1v) is 6.71. The van der Waals surface area contributed by atoms with Crippen LogP contribution in [0.4, 0.5) is 0 Å². The Morgan fingerprint density at radius 1 is 1.37 bits per heavy atom. The molecule has 1 aromatic carbocycles. The van der Waals surface area contributed by atoms with Crippen LogP contribution in [0.2, 0.25) is 0 Å². The highest BCUT2D eigenvalue weighted by atomic mass is 16.5. The second kappa shape index (κ2) is 5.25. The van der Waals surface area contributed by atoms with Crippen molar-refractivity contribution in [1.82, 2.24) is 10.4 Å². The van der Waals surface area contributed by atoms with Crippen molar-refractivity contribution >= 4 is 10.9 Å². The zero-order chi connectivity index (χ0) is 13.2. The van der Waals surface area contributed by atoms with Crippen LogP contribution in [0.3, 0.4) is 0 Å². The first-order chi connectivity index (χ1) is 9.29. The van der Waals surface area contributed by atoms with E-state index in [4.69, 9.17) is 10.6 Å². The maximum Gasteiger partial charge on any atom is 0.0705 e. The maximum atomic E-state index is 5.80. The molecule has 4 heteroatoms. The lowest BCUT2D eigenvalue weighted by Gasteiger charge is -2.23. The number of aromatic nitrogens is 1. The minimum atomic E-state index is 0.109. The summed E-state index contributed by atoms with van der Waals surface area (Å²) >= 11 is 0. The molecule has 4 nitrogen and oxygen atoms in total. The van der Waals surface area contributed by atoms with Crippen molar-refractivity contribution in [3.63, 3.8) is 0 Å². The van der Waals surface area contributed by atoms with Crippen molar-refractivity contribution in [2.24, 2.45) is 11.8 Å². The number of hydrogen-bond acceptors (Lipinski definition) is 4. The van der Waals surface area contributed by atoms with Crippen LogP contribution in [0.15, 0.2) is 36.5 Å². The van der Waals surface area contributed by atoms with E-state index in [1.165, 1.54) is 5.56 Å². The van der Waals surface area contributed by atoms with E-state index in [9.17, 15) is 0 Å². The molecule has 0 saturated carbocycles. The molecular formula is C15H19N3O. The van der Waals surface area contributed by atoms with Gasteiger partial charge in [0.2, 0.25) is 0 Å². The third-order valence-corrected chi connectivity index (χ3v) is 3.89. The standard InChI is InChI=1S/C15H19N3O/c1-10-8-11(9-19-10)15(18-16)13-4-2-6-14-12(13)5-3-7-17-14/h2-7,10-11,15,18H,8-9,16H2,1H3. The molecule has 0 aliphatic carbocycles. The van der Waals surface area contributed by atoms with Gasteiger partial charge in [0.25, 0.3) is 0 Å². The van der Waals surface area contributed by atoms with Crippen LogP contribution in [0.5, 0.6) is 0 Å². The van der Waals surface area contributed by atoms with Gasteiger partial charge in [-0.15, -0.1) is 0 Å². The lowest BCUT2D eigenvalue weighted by Crippen LogP contribution is -2.34. The number of rotatable bonds is 3. The molecule has 0 radical (unpaired) electrons. The Kier molecular flexibility index (Phi) is 3.46. The second-order valence-corrected chi connectivity index (χ2v) is 5.20. The van der Waals surface area contributed by atoms with Gasteiger partial charge in [0.15, 0.2) is 0 Å². The first-order valence-electron chi connectivity index (χ1n) is 6.71. The largest absolute Gasteiger partial charge is 0.378 e. The second-order valence-electron chi connectivity index (χ2n) is 5.20. The van der Waals surface area contributed by atoms with Gasteiger partial charge >= 0.3 is 0 Å².